The van der Waals surface area contributed by atoms with Crippen molar-refractivity contribution in [3.05, 3.63) is 128 Å². The van der Waals surface area contributed by atoms with Crippen molar-refractivity contribution in [2.75, 3.05) is 69.3 Å². The van der Waals surface area contributed by atoms with Gasteiger partial charge in [-0.05, 0) is 89.7 Å². The Morgan fingerprint density at radius 1 is 1.01 bits per heavy atom. The molecule has 4 N–H and O–H groups in total. The van der Waals surface area contributed by atoms with Crippen LogP contribution in [0, 0.1) is 27.2 Å². The zero-order valence-electron chi connectivity index (χ0n) is 38.4. The molecule has 4 aromatic heterocycles. The molecule has 0 radical (unpaired) electrons. The average Bonchev–Trinajstić information content (AvgIpc) is 4.14. The van der Waals surface area contributed by atoms with Crippen molar-refractivity contribution in [2.24, 2.45) is 5.41 Å². The fourth-order valence-electron chi connectivity index (χ4n) is 9.44. The number of nitrogens with zero attached hydrogens (tertiary/aromatic N) is 4. The number of nitro benzene ring substituents is 1. The van der Waals surface area contributed by atoms with Gasteiger partial charge in [0.15, 0.2) is 0 Å². The number of carbonyl (C=O) groups is 1. The number of fused-ring (bicyclic) bond motifs is 2. The summed E-state index contributed by atoms with van der Waals surface area (Å²) in [6.07, 6.45) is 7.36. The number of thiophene rings is 1. The van der Waals surface area contributed by atoms with Crippen LogP contribution in [-0.4, -0.2) is 104 Å². The third-order valence-electron chi connectivity index (χ3n) is 13.2. The molecule has 70 heavy (non-hydrogen) atoms. The summed E-state index contributed by atoms with van der Waals surface area (Å²) in [7, 11) is -4.62. The summed E-state index contributed by atoms with van der Waals surface area (Å²) < 4.78 is 76.8. The van der Waals surface area contributed by atoms with Crippen LogP contribution in [-0.2, 0) is 19.5 Å². The molecule has 20 heteroatoms. The number of allylic oxidation sites excluding steroid dienone is 1. The van der Waals surface area contributed by atoms with Gasteiger partial charge in [0, 0.05) is 96.8 Å². The minimum atomic E-state index is -4.62. The first-order valence-corrected chi connectivity index (χ1v) is 25.3. The lowest BCUT2D eigenvalue weighted by Crippen LogP contribution is -2.47. The maximum Gasteiger partial charge on any atom is 0.293 e. The first-order valence-electron chi connectivity index (χ1n) is 22.9. The van der Waals surface area contributed by atoms with E-state index in [9.17, 15) is 27.7 Å². The van der Waals surface area contributed by atoms with Gasteiger partial charge in [0.05, 0.1) is 53.0 Å². The van der Waals surface area contributed by atoms with Gasteiger partial charge in [-0.1, -0.05) is 19.4 Å². The minimum Gasteiger partial charge on any atom is -0.455 e. The van der Waals surface area contributed by atoms with Crippen LogP contribution in [0.1, 0.15) is 48.3 Å². The number of pyridine rings is 1. The van der Waals surface area contributed by atoms with Gasteiger partial charge in [-0.2, -0.15) is 0 Å². The average molecular weight is 993 g/mol. The molecule has 2 aliphatic heterocycles. The van der Waals surface area contributed by atoms with Crippen LogP contribution in [0.3, 0.4) is 0 Å². The fraction of sp³-hybridized carbons (Fsp3) is 0.320. The van der Waals surface area contributed by atoms with Crippen LogP contribution in [0.25, 0.3) is 38.6 Å². The number of anilines is 2. The smallest absolute Gasteiger partial charge is 0.293 e. The van der Waals surface area contributed by atoms with E-state index in [4.69, 9.17) is 14.2 Å². The van der Waals surface area contributed by atoms with Gasteiger partial charge in [-0.15, -0.1) is 11.3 Å². The lowest BCUT2D eigenvalue weighted by Gasteiger charge is -2.39. The molecule has 3 aromatic carbocycles. The number of sulfonamides is 1. The van der Waals surface area contributed by atoms with Crippen LogP contribution in [0.15, 0.2) is 101 Å². The van der Waals surface area contributed by atoms with Crippen molar-refractivity contribution in [1.82, 2.24) is 24.6 Å². The highest BCUT2D eigenvalue weighted by atomic mass is 32.2. The predicted octanol–water partition coefficient (Wildman–Crippen LogP) is 9.48. The molecule has 0 unspecified atom stereocenters. The second kappa shape index (κ2) is 19.2. The molecule has 10 rings (SSSR count). The molecular formula is C50H50F2N8O8S2. The SMILES string of the molecule is CC1(C)CCC(CN2CCN(c3ccc(C(=O)NS(=O)(=O)c4ccc(NC[C@H]5COCCO5)c([N+](=O)[O-])c4)c(Oc4cnc5[nH]ccc5c4)c3)CC2)=C(c2cc(-c3c(F)cc(F)c4cc[nH]c34)cs2)C1. The number of rotatable bonds is 14. The van der Waals surface area contributed by atoms with E-state index in [1.54, 1.807) is 48.0 Å². The summed E-state index contributed by atoms with van der Waals surface area (Å²) in [5.74, 6) is -1.81. The Morgan fingerprint density at radius 3 is 2.64 bits per heavy atom. The number of carbonyl (C=O) groups excluding carboxylic acids is 1. The summed E-state index contributed by atoms with van der Waals surface area (Å²) in [5.41, 5.74) is 5.11. The molecule has 16 nitrogen and oxygen atoms in total. The Bertz CT molecular complexity index is 3280. The van der Waals surface area contributed by atoms with E-state index in [2.05, 4.69) is 48.6 Å². The van der Waals surface area contributed by atoms with E-state index in [1.807, 2.05) is 17.5 Å². The van der Waals surface area contributed by atoms with Crippen LogP contribution < -0.4 is 19.7 Å². The topological polar surface area (TPSA) is 197 Å². The number of nitrogens with one attached hydrogen (secondary N) is 4. The number of nitro groups is 1. The maximum absolute atomic E-state index is 15.3. The van der Waals surface area contributed by atoms with Gasteiger partial charge in [-0.3, -0.25) is 19.8 Å². The molecule has 2 fully saturated rings. The second-order valence-corrected chi connectivity index (χ2v) is 21.1. The van der Waals surface area contributed by atoms with E-state index >= 15 is 4.39 Å². The number of benzene rings is 3. The lowest BCUT2D eigenvalue weighted by molar-refractivity contribution is -0.384. The Morgan fingerprint density at radius 2 is 1.84 bits per heavy atom. The fourth-order valence-corrected chi connectivity index (χ4v) is 11.4. The number of aromatic amines is 2. The van der Waals surface area contributed by atoms with Crippen LogP contribution >= 0.6 is 11.3 Å². The van der Waals surface area contributed by atoms with E-state index in [1.165, 1.54) is 35.5 Å². The molecule has 6 heterocycles. The number of hydrogen-bond acceptors (Lipinski definition) is 13. The van der Waals surface area contributed by atoms with Gasteiger partial charge < -0.3 is 34.4 Å². The van der Waals surface area contributed by atoms with Crippen molar-refractivity contribution >= 4 is 71.8 Å². The number of H-pyrrole nitrogens is 2. The van der Waals surface area contributed by atoms with Gasteiger partial charge in [0.1, 0.15) is 34.5 Å². The van der Waals surface area contributed by atoms with Crippen LogP contribution in [0.5, 0.6) is 11.5 Å². The van der Waals surface area contributed by atoms with E-state index in [0.717, 1.165) is 67.0 Å². The van der Waals surface area contributed by atoms with Crippen molar-refractivity contribution in [3.63, 3.8) is 0 Å². The first-order chi connectivity index (χ1) is 33.7. The monoisotopic (exact) mass is 992 g/mol. The molecular weight excluding hydrogens is 943 g/mol. The summed E-state index contributed by atoms with van der Waals surface area (Å²) >= 11 is 1.58. The van der Waals surface area contributed by atoms with Crippen molar-refractivity contribution in [2.45, 2.75) is 44.1 Å². The third-order valence-corrected chi connectivity index (χ3v) is 15.5. The van der Waals surface area contributed by atoms with Crippen molar-refractivity contribution in [3.8, 4) is 22.6 Å². The van der Waals surface area contributed by atoms with Crippen LogP contribution in [0.4, 0.5) is 25.8 Å². The van der Waals surface area contributed by atoms with Gasteiger partial charge in [0.2, 0.25) is 0 Å². The summed E-state index contributed by atoms with van der Waals surface area (Å²) in [4.78, 5) is 41.1. The second-order valence-electron chi connectivity index (χ2n) is 18.6. The number of amides is 1. The predicted molar refractivity (Wildman–Crippen MR) is 264 cm³/mol. The molecule has 364 valence electrons. The van der Waals surface area contributed by atoms with E-state index in [-0.39, 0.29) is 35.1 Å². The quantitative estimate of drug-likeness (QED) is 0.0596. The zero-order chi connectivity index (χ0) is 48.7. The molecule has 0 spiro atoms. The summed E-state index contributed by atoms with van der Waals surface area (Å²) in [5, 5.41) is 18.1. The highest BCUT2D eigenvalue weighted by Crippen LogP contribution is 2.46. The highest BCUT2D eigenvalue weighted by molar-refractivity contribution is 7.90. The molecule has 0 bridgehead atoms. The van der Waals surface area contributed by atoms with E-state index in [0.29, 0.717) is 66.3 Å². The maximum atomic E-state index is 15.3. The Kier molecular flexibility index (Phi) is 12.9. The van der Waals surface area contributed by atoms with Gasteiger partial charge in [-0.25, -0.2) is 26.9 Å². The van der Waals surface area contributed by atoms with Crippen molar-refractivity contribution < 1.29 is 41.1 Å². The van der Waals surface area contributed by atoms with Gasteiger partial charge in [0.25, 0.3) is 21.6 Å². The molecule has 1 atom stereocenters. The van der Waals surface area contributed by atoms with Crippen molar-refractivity contribution in [1.29, 1.82) is 0 Å². The Hall–Kier alpha value is -6.71. The van der Waals surface area contributed by atoms with Gasteiger partial charge >= 0.3 is 0 Å². The number of ether oxygens (including phenoxy) is 3. The molecule has 0 saturated carbocycles. The number of piperazine rings is 1. The number of aromatic nitrogens is 3. The number of halogens is 2. The Balaban J connectivity index is 0.867. The summed E-state index contributed by atoms with van der Waals surface area (Å²) in [6, 6.07) is 16.5. The standard InChI is InChI=1S/C50H50F2N8O8S2/c1-50(2)10-7-31(39(24-50)45-20-32(29-69-45)46-41(52)23-40(51)37-9-12-53-47(37)46)27-58-13-15-59(16-14-58)33-3-5-38(44(21-33)68-34-19-30-8-11-54-48(30)56-25-34)49(61)57-70(64,65)36-4-6-42(43(22-36)60(62)63)55-26-35-28-66-17-18-67-35/h3-6,8-9,11-12,19-23,25,29,35,53,55H,7,10,13-18,24,26-28H2,1-2H3,(H,54,56)(H,57,61)/t35-/m0/s1. The molecule has 3 aliphatic rings. The van der Waals surface area contributed by atoms with E-state index < -0.39 is 43.1 Å². The first kappa shape index (κ1) is 47.0. The Labute approximate surface area is 405 Å². The zero-order valence-corrected chi connectivity index (χ0v) is 40.0. The largest absolute Gasteiger partial charge is 0.455 e. The molecule has 1 aliphatic carbocycles. The molecule has 2 saturated heterocycles. The molecule has 1 amide bonds. The van der Waals surface area contributed by atoms with Crippen LogP contribution in [0.2, 0.25) is 0 Å². The normalized spacial score (nSPS) is 17.8. The highest BCUT2D eigenvalue weighted by Gasteiger charge is 2.32. The number of hydrogen-bond donors (Lipinski definition) is 4. The minimum absolute atomic E-state index is 0.0798. The molecule has 7 aromatic rings. The third kappa shape index (κ3) is 9.86. The lowest BCUT2D eigenvalue weighted by atomic mass is 9.73. The summed E-state index contributed by atoms with van der Waals surface area (Å²) in [6.45, 7) is 9.43.